The van der Waals surface area contributed by atoms with Crippen molar-refractivity contribution in [1.82, 2.24) is 10.2 Å². The zero-order chi connectivity index (χ0) is 17.2. The van der Waals surface area contributed by atoms with Gasteiger partial charge in [0.25, 0.3) is 0 Å². The lowest BCUT2D eigenvalue weighted by atomic mass is 9.86. The molecule has 3 rings (SSSR count). The smallest absolute Gasteiger partial charge is 0.233 e. The zero-order valence-corrected chi connectivity index (χ0v) is 16.0. The van der Waals surface area contributed by atoms with Gasteiger partial charge in [0.2, 0.25) is 5.91 Å². The summed E-state index contributed by atoms with van der Waals surface area (Å²) in [6.07, 6.45) is 3.44. The maximum Gasteiger partial charge on any atom is 0.233 e. The van der Waals surface area contributed by atoms with Crippen molar-refractivity contribution in [3.05, 3.63) is 35.4 Å². The highest BCUT2D eigenvalue weighted by molar-refractivity contribution is 8.00. The fourth-order valence-electron chi connectivity index (χ4n) is 3.65. The molecule has 2 aliphatic heterocycles. The number of carbonyl (C=O) groups is 1. The molecule has 0 saturated carbocycles. The molecule has 3 nitrogen and oxygen atoms in total. The molecule has 1 amide bonds. The van der Waals surface area contributed by atoms with Crippen LogP contribution in [0.2, 0.25) is 0 Å². The lowest BCUT2D eigenvalue weighted by molar-refractivity contribution is -0.128. The van der Waals surface area contributed by atoms with Crippen LogP contribution in [0.1, 0.15) is 62.5 Å². The van der Waals surface area contributed by atoms with Gasteiger partial charge in [-0.1, -0.05) is 45.0 Å². The van der Waals surface area contributed by atoms with Gasteiger partial charge in [0.15, 0.2) is 0 Å². The van der Waals surface area contributed by atoms with E-state index in [0.29, 0.717) is 17.6 Å². The van der Waals surface area contributed by atoms with Gasteiger partial charge in [-0.15, -0.1) is 11.8 Å². The summed E-state index contributed by atoms with van der Waals surface area (Å²) in [6.45, 7) is 9.81. The van der Waals surface area contributed by atoms with E-state index in [-0.39, 0.29) is 10.8 Å². The van der Waals surface area contributed by atoms with Crippen LogP contribution in [-0.4, -0.2) is 36.2 Å². The van der Waals surface area contributed by atoms with Gasteiger partial charge in [-0.3, -0.25) is 4.79 Å². The Hall–Kier alpha value is -1.00. The summed E-state index contributed by atoms with van der Waals surface area (Å²) in [4.78, 5) is 14.6. The summed E-state index contributed by atoms with van der Waals surface area (Å²) >= 11 is 1.80. The Bertz CT molecular complexity index is 575. The third-order valence-corrected chi connectivity index (χ3v) is 6.35. The number of nitrogens with zero attached hydrogens (tertiary/aromatic N) is 1. The first kappa shape index (κ1) is 17.8. The van der Waals surface area contributed by atoms with Gasteiger partial charge in [-0.05, 0) is 54.8 Å². The van der Waals surface area contributed by atoms with Crippen molar-refractivity contribution in [3.8, 4) is 0 Å². The van der Waals surface area contributed by atoms with Crippen LogP contribution in [-0.2, 0) is 4.79 Å². The van der Waals surface area contributed by atoms with E-state index in [2.05, 4.69) is 55.3 Å². The molecule has 1 unspecified atom stereocenters. The van der Waals surface area contributed by atoms with E-state index < -0.39 is 0 Å². The summed E-state index contributed by atoms with van der Waals surface area (Å²) in [5.41, 5.74) is 3.09. The van der Waals surface area contributed by atoms with E-state index in [0.717, 1.165) is 26.1 Å². The van der Waals surface area contributed by atoms with E-state index in [1.54, 1.807) is 11.8 Å². The van der Waals surface area contributed by atoms with Crippen molar-refractivity contribution in [2.45, 2.75) is 51.3 Å². The van der Waals surface area contributed by atoms with Gasteiger partial charge in [-0.2, -0.15) is 0 Å². The number of piperidine rings is 1. The van der Waals surface area contributed by atoms with E-state index in [1.165, 1.54) is 24.0 Å². The van der Waals surface area contributed by atoms with Gasteiger partial charge in [0, 0.05) is 6.54 Å². The number of nitrogens with one attached hydrogen (secondary N) is 1. The summed E-state index contributed by atoms with van der Waals surface area (Å²) in [6, 6.07) is 8.82. The molecule has 2 aliphatic rings. The molecule has 1 aromatic rings. The Morgan fingerprint density at radius 3 is 2.50 bits per heavy atom. The first-order valence-corrected chi connectivity index (χ1v) is 10.2. The average molecular weight is 347 g/mol. The molecule has 1 atom stereocenters. The molecule has 2 saturated heterocycles. The minimum absolute atomic E-state index is 0.200. The third kappa shape index (κ3) is 4.15. The Balaban J connectivity index is 1.82. The van der Waals surface area contributed by atoms with Gasteiger partial charge in [0.1, 0.15) is 5.37 Å². The van der Waals surface area contributed by atoms with Gasteiger partial charge < -0.3 is 10.2 Å². The number of amides is 1. The molecule has 2 fully saturated rings. The Morgan fingerprint density at radius 2 is 1.83 bits per heavy atom. The highest BCUT2D eigenvalue weighted by atomic mass is 32.2. The quantitative estimate of drug-likeness (QED) is 0.888. The first-order chi connectivity index (χ1) is 11.5. The van der Waals surface area contributed by atoms with Crippen molar-refractivity contribution in [2.24, 2.45) is 5.41 Å². The minimum Gasteiger partial charge on any atom is -0.326 e. The van der Waals surface area contributed by atoms with Crippen molar-refractivity contribution in [3.63, 3.8) is 0 Å². The van der Waals surface area contributed by atoms with E-state index in [9.17, 15) is 4.79 Å². The molecule has 24 heavy (non-hydrogen) atoms. The van der Waals surface area contributed by atoms with Crippen molar-refractivity contribution >= 4 is 17.7 Å². The number of rotatable bonds is 4. The fourth-order valence-corrected chi connectivity index (χ4v) is 4.91. The SMILES string of the molecule is CC(C)(C)CCN1C(=O)CSC1c1ccccc1C1CCNCC1. The van der Waals surface area contributed by atoms with Crippen LogP contribution in [0.3, 0.4) is 0 Å². The molecular weight excluding hydrogens is 316 g/mol. The second-order valence-electron chi connectivity index (χ2n) is 8.21. The van der Waals surface area contributed by atoms with Crippen LogP contribution < -0.4 is 5.32 Å². The minimum atomic E-state index is 0.200. The van der Waals surface area contributed by atoms with E-state index >= 15 is 0 Å². The number of thioether (sulfide) groups is 1. The summed E-state index contributed by atoms with van der Waals surface area (Å²) < 4.78 is 0. The summed E-state index contributed by atoms with van der Waals surface area (Å²) in [5, 5.41) is 3.66. The molecule has 2 heterocycles. The number of carbonyl (C=O) groups excluding carboxylic acids is 1. The van der Waals surface area contributed by atoms with E-state index in [4.69, 9.17) is 0 Å². The second kappa shape index (κ2) is 7.49. The second-order valence-corrected chi connectivity index (χ2v) is 9.28. The lowest BCUT2D eigenvalue weighted by Crippen LogP contribution is -2.32. The predicted molar refractivity (Wildman–Crippen MR) is 102 cm³/mol. The molecule has 1 N–H and O–H groups in total. The van der Waals surface area contributed by atoms with Crippen LogP contribution in [0.5, 0.6) is 0 Å². The standard InChI is InChI=1S/C20H30N2OS/c1-20(2,3)10-13-22-18(23)14-24-19(22)17-7-5-4-6-16(17)15-8-11-21-12-9-15/h4-7,15,19,21H,8-14H2,1-3H3. The molecule has 4 heteroatoms. The molecule has 0 aromatic heterocycles. The van der Waals surface area contributed by atoms with Gasteiger partial charge >= 0.3 is 0 Å². The van der Waals surface area contributed by atoms with Crippen molar-refractivity contribution < 1.29 is 4.79 Å². The molecular formula is C20H30N2OS. The monoisotopic (exact) mass is 346 g/mol. The van der Waals surface area contributed by atoms with Crippen LogP contribution in [0.25, 0.3) is 0 Å². The maximum absolute atomic E-state index is 12.5. The Morgan fingerprint density at radius 1 is 1.17 bits per heavy atom. The lowest BCUT2D eigenvalue weighted by Gasteiger charge is -2.31. The Labute approximate surface area is 150 Å². The highest BCUT2D eigenvalue weighted by Gasteiger charge is 2.35. The van der Waals surface area contributed by atoms with Crippen molar-refractivity contribution in [1.29, 1.82) is 0 Å². The van der Waals surface area contributed by atoms with Gasteiger partial charge in [-0.25, -0.2) is 0 Å². The van der Waals surface area contributed by atoms with E-state index in [1.807, 2.05) is 0 Å². The number of hydrogen-bond donors (Lipinski definition) is 1. The zero-order valence-electron chi connectivity index (χ0n) is 15.2. The normalized spacial score (nSPS) is 23.0. The number of benzene rings is 1. The molecule has 1 aromatic carbocycles. The molecule has 0 aliphatic carbocycles. The molecule has 0 spiro atoms. The fraction of sp³-hybridized carbons (Fsp3) is 0.650. The Kier molecular flexibility index (Phi) is 5.56. The maximum atomic E-state index is 12.5. The van der Waals surface area contributed by atoms with Crippen LogP contribution in [0, 0.1) is 5.41 Å². The predicted octanol–water partition coefficient (Wildman–Crippen LogP) is 4.16. The van der Waals surface area contributed by atoms with Crippen LogP contribution in [0.4, 0.5) is 0 Å². The number of hydrogen-bond acceptors (Lipinski definition) is 3. The van der Waals surface area contributed by atoms with Gasteiger partial charge in [0.05, 0.1) is 5.75 Å². The van der Waals surface area contributed by atoms with Crippen LogP contribution in [0.15, 0.2) is 24.3 Å². The highest BCUT2D eigenvalue weighted by Crippen LogP contribution is 2.43. The topological polar surface area (TPSA) is 32.3 Å². The van der Waals surface area contributed by atoms with Crippen LogP contribution >= 0.6 is 11.8 Å². The third-order valence-electron chi connectivity index (χ3n) is 5.11. The molecule has 0 bridgehead atoms. The molecule has 0 radical (unpaired) electrons. The van der Waals surface area contributed by atoms with Crippen molar-refractivity contribution in [2.75, 3.05) is 25.4 Å². The molecule has 132 valence electrons. The average Bonchev–Trinajstić information content (AvgIpc) is 2.94. The summed E-state index contributed by atoms with van der Waals surface area (Å²) in [5.74, 6) is 1.55. The first-order valence-electron chi connectivity index (χ1n) is 9.16. The largest absolute Gasteiger partial charge is 0.326 e. The summed E-state index contributed by atoms with van der Waals surface area (Å²) in [7, 11) is 0.